The zero-order chi connectivity index (χ0) is 20.2. The highest BCUT2D eigenvalue weighted by atomic mass is 16.5. The highest BCUT2D eigenvalue weighted by molar-refractivity contribution is 5.98. The second-order valence-electron chi connectivity index (χ2n) is 7.32. The lowest BCUT2D eigenvalue weighted by atomic mass is 9.93. The van der Waals surface area contributed by atoms with Crippen LogP contribution in [0.2, 0.25) is 0 Å². The van der Waals surface area contributed by atoms with E-state index in [2.05, 4.69) is 4.90 Å². The molecule has 0 bridgehead atoms. The van der Waals surface area contributed by atoms with Crippen LogP contribution in [0, 0.1) is 0 Å². The molecule has 29 heavy (non-hydrogen) atoms. The van der Waals surface area contributed by atoms with Gasteiger partial charge in [-0.15, -0.1) is 0 Å². The van der Waals surface area contributed by atoms with Gasteiger partial charge in [-0.25, -0.2) is 4.79 Å². The van der Waals surface area contributed by atoms with Gasteiger partial charge >= 0.3 is 5.97 Å². The molecule has 0 aromatic heterocycles. The Morgan fingerprint density at radius 3 is 2.59 bits per heavy atom. The van der Waals surface area contributed by atoms with Gasteiger partial charge in [-0.3, -0.25) is 4.79 Å². The van der Waals surface area contributed by atoms with Gasteiger partial charge in [0, 0.05) is 37.3 Å². The number of fused-ring (bicyclic) bond motifs is 1. The molecule has 1 fully saturated rings. The van der Waals surface area contributed by atoms with E-state index in [4.69, 9.17) is 9.47 Å². The second-order valence-corrected chi connectivity index (χ2v) is 7.32. The van der Waals surface area contributed by atoms with Crippen LogP contribution >= 0.6 is 0 Å². The summed E-state index contributed by atoms with van der Waals surface area (Å²) in [5.74, 6) is -0.493. The number of ether oxygens (including phenoxy) is 2. The number of carbonyl (C=O) groups excluding carboxylic acids is 2. The zero-order valence-corrected chi connectivity index (χ0v) is 16.7. The lowest BCUT2D eigenvalue weighted by Crippen LogP contribution is -2.49. The molecule has 6 heteroatoms. The first-order valence-corrected chi connectivity index (χ1v) is 10.1. The topological polar surface area (TPSA) is 59.1 Å². The van der Waals surface area contributed by atoms with Gasteiger partial charge in [-0.05, 0) is 36.2 Å². The fourth-order valence-electron chi connectivity index (χ4n) is 4.01. The molecule has 0 N–H and O–H groups in total. The normalized spacial score (nSPS) is 18.9. The van der Waals surface area contributed by atoms with Crippen LogP contribution in [0.25, 0.3) is 0 Å². The number of nitrogens with zero attached hydrogens (tertiary/aromatic N) is 2. The summed E-state index contributed by atoms with van der Waals surface area (Å²) in [6.45, 7) is 5.47. The molecule has 2 aromatic carbocycles. The summed E-state index contributed by atoms with van der Waals surface area (Å²) in [4.78, 5) is 29.9. The number of hydrogen-bond acceptors (Lipinski definition) is 5. The third kappa shape index (κ3) is 4.12. The molecule has 6 nitrogen and oxygen atoms in total. The molecule has 2 aliphatic rings. The minimum atomic E-state index is -0.607. The molecule has 2 aliphatic heterocycles. The first kappa shape index (κ1) is 19.5. The minimum Gasteiger partial charge on any atom is -0.464 e. The smallest absolute Gasteiger partial charge is 0.329 e. The van der Waals surface area contributed by atoms with Crippen molar-refractivity contribution in [3.63, 3.8) is 0 Å². The second kappa shape index (κ2) is 8.66. The van der Waals surface area contributed by atoms with E-state index in [1.807, 2.05) is 48.5 Å². The third-order valence-corrected chi connectivity index (χ3v) is 5.54. The number of anilines is 1. The number of morpholine rings is 1. The van der Waals surface area contributed by atoms with E-state index < -0.39 is 6.04 Å². The molecule has 1 amide bonds. The van der Waals surface area contributed by atoms with Crippen LogP contribution in [0.3, 0.4) is 0 Å². The van der Waals surface area contributed by atoms with Crippen molar-refractivity contribution in [2.24, 2.45) is 0 Å². The lowest BCUT2D eigenvalue weighted by Gasteiger charge is -2.35. The van der Waals surface area contributed by atoms with Crippen LogP contribution in [0.15, 0.2) is 48.5 Å². The molecular formula is C23H26N2O4. The van der Waals surface area contributed by atoms with E-state index in [0.29, 0.717) is 38.3 Å². The van der Waals surface area contributed by atoms with Crippen molar-refractivity contribution in [2.75, 3.05) is 37.8 Å². The van der Waals surface area contributed by atoms with Crippen LogP contribution in [0.1, 0.15) is 28.4 Å². The standard InChI is InChI=1S/C23H26N2O4/c1-2-29-23(27)21-15-17-6-3-4-7-19(17)16-25(21)22(26)18-8-5-9-20(14-18)24-10-12-28-13-11-24/h3-9,14,21H,2,10-13,15-16H2,1H3/t21-/m1/s1. The fraction of sp³-hybridized carbons (Fsp3) is 0.391. The zero-order valence-electron chi connectivity index (χ0n) is 16.7. The molecule has 0 aliphatic carbocycles. The highest BCUT2D eigenvalue weighted by Crippen LogP contribution is 2.27. The maximum Gasteiger partial charge on any atom is 0.329 e. The van der Waals surface area contributed by atoms with E-state index in [9.17, 15) is 9.59 Å². The van der Waals surface area contributed by atoms with Gasteiger partial charge < -0.3 is 19.3 Å². The van der Waals surface area contributed by atoms with Gasteiger partial charge in [0.15, 0.2) is 0 Å². The van der Waals surface area contributed by atoms with Crippen LogP contribution in [-0.4, -0.2) is 55.7 Å². The molecular weight excluding hydrogens is 368 g/mol. The number of carbonyl (C=O) groups is 2. The van der Waals surface area contributed by atoms with E-state index in [1.54, 1.807) is 11.8 Å². The molecule has 0 saturated carbocycles. The highest BCUT2D eigenvalue weighted by Gasteiger charge is 2.36. The van der Waals surface area contributed by atoms with Crippen LogP contribution in [0.4, 0.5) is 5.69 Å². The van der Waals surface area contributed by atoms with Crippen molar-refractivity contribution in [3.8, 4) is 0 Å². The van der Waals surface area contributed by atoms with E-state index in [0.717, 1.165) is 29.9 Å². The Balaban J connectivity index is 1.62. The SMILES string of the molecule is CCOC(=O)[C@H]1Cc2ccccc2CN1C(=O)c1cccc(N2CCOCC2)c1. The Labute approximate surface area is 171 Å². The summed E-state index contributed by atoms with van der Waals surface area (Å²) in [6.07, 6.45) is 0.476. The van der Waals surface area contributed by atoms with Crippen molar-refractivity contribution >= 4 is 17.6 Å². The minimum absolute atomic E-state index is 0.146. The summed E-state index contributed by atoms with van der Waals surface area (Å²) in [5.41, 5.74) is 3.76. The van der Waals surface area contributed by atoms with Gasteiger partial charge in [-0.2, -0.15) is 0 Å². The molecule has 152 valence electrons. The first-order valence-electron chi connectivity index (χ1n) is 10.1. The molecule has 1 saturated heterocycles. The Morgan fingerprint density at radius 2 is 1.83 bits per heavy atom. The van der Waals surface area contributed by atoms with Crippen LogP contribution < -0.4 is 4.90 Å². The number of amides is 1. The van der Waals surface area contributed by atoms with Gasteiger partial charge in [0.2, 0.25) is 0 Å². The van der Waals surface area contributed by atoms with E-state index >= 15 is 0 Å². The summed E-state index contributed by atoms with van der Waals surface area (Å²) in [7, 11) is 0. The summed E-state index contributed by atoms with van der Waals surface area (Å²) in [6, 6.07) is 15.0. The largest absolute Gasteiger partial charge is 0.464 e. The van der Waals surface area contributed by atoms with Crippen molar-refractivity contribution in [1.82, 2.24) is 4.90 Å². The first-order chi connectivity index (χ1) is 14.2. The average molecular weight is 394 g/mol. The number of rotatable bonds is 4. The molecule has 0 radical (unpaired) electrons. The molecule has 0 unspecified atom stereocenters. The fourth-order valence-corrected chi connectivity index (χ4v) is 4.01. The molecule has 0 spiro atoms. The monoisotopic (exact) mass is 394 g/mol. The molecule has 2 aromatic rings. The van der Waals surface area contributed by atoms with Gasteiger partial charge in [0.05, 0.1) is 19.8 Å². The Hall–Kier alpha value is -2.86. The predicted octanol–water partition coefficient (Wildman–Crippen LogP) is 2.65. The maximum absolute atomic E-state index is 13.4. The van der Waals surface area contributed by atoms with Crippen LogP contribution in [-0.2, 0) is 27.2 Å². The lowest BCUT2D eigenvalue weighted by molar-refractivity contribution is -0.149. The molecule has 1 atom stereocenters. The van der Waals surface area contributed by atoms with Crippen molar-refractivity contribution in [2.45, 2.75) is 25.9 Å². The summed E-state index contributed by atoms with van der Waals surface area (Å²) >= 11 is 0. The number of esters is 1. The quantitative estimate of drug-likeness (QED) is 0.747. The third-order valence-electron chi connectivity index (χ3n) is 5.54. The number of hydrogen-bond donors (Lipinski definition) is 0. The van der Waals surface area contributed by atoms with Crippen LogP contribution in [0.5, 0.6) is 0 Å². The van der Waals surface area contributed by atoms with Gasteiger partial charge in [-0.1, -0.05) is 30.3 Å². The van der Waals surface area contributed by atoms with E-state index in [1.165, 1.54) is 0 Å². The van der Waals surface area contributed by atoms with E-state index in [-0.39, 0.29) is 11.9 Å². The van der Waals surface area contributed by atoms with Gasteiger partial charge in [0.25, 0.3) is 5.91 Å². The average Bonchev–Trinajstić information content (AvgIpc) is 2.78. The summed E-state index contributed by atoms with van der Waals surface area (Å²) < 4.78 is 10.7. The molecule has 4 rings (SSSR count). The van der Waals surface area contributed by atoms with Crippen molar-refractivity contribution in [3.05, 3.63) is 65.2 Å². The summed E-state index contributed by atoms with van der Waals surface area (Å²) in [5, 5.41) is 0. The maximum atomic E-state index is 13.4. The number of benzene rings is 2. The Kier molecular flexibility index (Phi) is 5.81. The Morgan fingerprint density at radius 1 is 1.07 bits per heavy atom. The van der Waals surface area contributed by atoms with Crippen molar-refractivity contribution < 1.29 is 19.1 Å². The van der Waals surface area contributed by atoms with Crippen molar-refractivity contribution in [1.29, 1.82) is 0 Å². The predicted molar refractivity (Wildman–Crippen MR) is 110 cm³/mol. The Bertz CT molecular complexity index is 892. The molecule has 2 heterocycles. The van der Waals surface area contributed by atoms with Gasteiger partial charge in [0.1, 0.15) is 6.04 Å².